The van der Waals surface area contributed by atoms with Crippen molar-refractivity contribution in [1.29, 1.82) is 0 Å². The highest BCUT2D eigenvalue weighted by Gasteiger charge is 2.30. The Morgan fingerprint density at radius 1 is 1.11 bits per heavy atom. The van der Waals surface area contributed by atoms with E-state index >= 15 is 0 Å². The minimum absolute atomic E-state index is 0. The molecule has 0 amide bonds. The zero-order valence-corrected chi connectivity index (χ0v) is 17.0. The SMILES string of the molecule is CCOc1ccccc1CNC(N)=NCc1ccc(OC(F)(F)F)cc1.I. The topological polar surface area (TPSA) is 68.9 Å². The smallest absolute Gasteiger partial charge is 0.494 e. The van der Waals surface area contributed by atoms with E-state index in [1.54, 1.807) is 0 Å². The Hall–Kier alpha value is -2.17. The van der Waals surface area contributed by atoms with Gasteiger partial charge < -0.3 is 20.5 Å². The summed E-state index contributed by atoms with van der Waals surface area (Å²) in [4.78, 5) is 4.17. The van der Waals surface area contributed by atoms with Crippen LogP contribution in [0.1, 0.15) is 18.1 Å². The standard InChI is InChI=1S/C18H20F3N3O2.HI/c1-2-25-16-6-4-3-5-14(16)12-24-17(22)23-11-13-7-9-15(10-8-13)26-18(19,20)21;/h3-10H,2,11-12H2,1H3,(H3,22,23,24);1H. The number of benzene rings is 2. The fourth-order valence-corrected chi connectivity index (χ4v) is 2.16. The Kier molecular flexibility index (Phi) is 9.19. The van der Waals surface area contributed by atoms with Crippen LogP contribution in [0.15, 0.2) is 53.5 Å². The first-order chi connectivity index (χ1) is 12.4. The molecule has 2 aromatic carbocycles. The van der Waals surface area contributed by atoms with Gasteiger partial charge in [0.1, 0.15) is 11.5 Å². The average molecular weight is 495 g/mol. The highest BCUT2D eigenvalue weighted by molar-refractivity contribution is 14.0. The summed E-state index contributed by atoms with van der Waals surface area (Å²) in [7, 11) is 0. The van der Waals surface area contributed by atoms with Gasteiger partial charge in [-0.05, 0) is 30.7 Å². The van der Waals surface area contributed by atoms with Gasteiger partial charge >= 0.3 is 6.36 Å². The Morgan fingerprint density at radius 3 is 2.41 bits per heavy atom. The number of hydrogen-bond acceptors (Lipinski definition) is 3. The maximum atomic E-state index is 12.1. The molecule has 2 rings (SSSR count). The normalized spacial score (nSPS) is 11.5. The van der Waals surface area contributed by atoms with Crippen LogP contribution in [0.25, 0.3) is 0 Å². The van der Waals surface area contributed by atoms with Gasteiger partial charge in [0.25, 0.3) is 0 Å². The second kappa shape index (κ2) is 10.9. The predicted octanol–water partition coefficient (Wildman–Crippen LogP) is 4.21. The summed E-state index contributed by atoms with van der Waals surface area (Å²) in [5, 5.41) is 2.98. The predicted molar refractivity (Wildman–Crippen MR) is 108 cm³/mol. The van der Waals surface area contributed by atoms with Crippen molar-refractivity contribution < 1.29 is 22.6 Å². The second-order valence-electron chi connectivity index (χ2n) is 5.29. The molecule has 9 heteroatoms. The van der Waals surface area contributed by atoms with E-state index in [1.807, 2.05) is 31.2 Å². The van der Waals surface area contributed by atoms with Gasteiger partial charge in [0, 0.05) is 12.1 Å². The maximum Gasteiger partial charge on any atom is 0.573 e. The van der Waals surface area contributed by atoms with Crippen molar-refractivity contribution in [3.63, 3.8) is 0 Å². The van der Waals surface area contributed by atoms with E-state index in [-0.39, 0.29) is 42.2 Å². The summed E-state index contributed by atoms with van der Waals surface area (Å²) in [6, 6.07) is 13.1. The molecule has 0 radical (unpaired) electrons. The van der Waals surface area contributed by atoms with Crippen LogP contribution in [0.4, 0.5) is 13.2 Å². The lowest BCUT2D eigenvalue weighted by Crippen LogP contribution is -2.31. The maximum absolute atomic E-state index is 12.1. The molecule has 0 aliphatic rings. The molecule has 0 aliphatic carbocycles. The van der Waals surface area contributed by atoms with Gasteiger partial charge in [0.15, 0.2) is 5.96 Å². The number of guanidine groups is 1. The van der Waals surface area contributed by atoms with Gasteiger partial charge in [-0.15, -0.1) is 37.1 Å². The molecule has 0 saturated heterocycles. The lowest BCUT2D eigenvalue weighted by Gasteiger charge is -2.11. The molecule has 3 N–H and O–H groups in total. The van der Waals surface area contributed by atoms with Gasteiger partial charge in [-0.1, -0.05) is 30.3 Å². The molecule has 0 heterocycles. The van der Waals surface area contributed by atoms with E-state index in [9.17, 15) is 13.2 Å². The Bertz CT molecular complexity index is 737. The highest BCUT2D eigenvalue weighted by Crippen LogP contribution is 2.23. The third kappa shape index (κ3) is 8.37. The van der Waals surface area contributed by atoms with Gasteiger partial charge in [0.2, 0.25) is 0 Å². The molecule has 0 saturated carbocycles. The van der Waals surface area contributed by atoms with Crippen LogP contribution in [0.5, 0.6) is 11.5 Å². The first-order valence-corrected chi connectivity index (χ1v) is 7.96. The largest absolute Gasteiger partial charge is 0.573 e. The summed E-state index contributed by atoms with van der Waals surface area (Å²) in [5.41, 5.74) is 7.48. The molecule has 0 aliphatic heterocycles. The van der Waals surface area contributed by atoms with E-state index < -0.39 is 6.36 Å². The molecule has 5 nitrogen and oxygen atoms in total. The first kappa shape index (κ1) is 22.9. The number of para-hydroxylation sites is 1. The molecule has 0 fully saturated rings. The van der Waals surface area contributed by atoms with E-state index in [2.05, 4.69) is 15.0 Å². The number of alkyl halides is 3. The summed E-state index contributed by atoms with van der Waals surface area (Å²) in [5.74, 6) is 0.728. The van der Waals surface area contributed by atoms with Crippen LogP contribution in [0.3, 0.4) is 0 Å². The number of nitrogens with zero attached hydrogens (tertiary/aromatic N) is 1. The van der Waals surface area contributed by atoms with Gasteiger partial charge in [-0.2, -0.15) is 0 Å². The molecule has 0 bridgehead atoms. The molecular weight excluding hydrogens is 474 g/mol. The van der Waals surface area contributed by atoms with E-state index in [0.717, 1.165) is 11.3 Å². The summed E-state index contributed by atoms with van der Waals surface area (Å²) in [6.07, 6.45) is -4.70. The lowest BCUT2D eigenvalue weighted by atomic mass is 10.2. The minimum atomic E-state index is -4.70. The highest BCUT2D eigenvalue weighted by atomic mass is 127. The molecule has 0 atom stereocenters. The monoisotopic (exact) mass is 495 g/mol. The van der Waals surface area contributed by atoms with E-state index in [4.69, 9.17) is 10.5 Å². The summed E-state index contributed by atoms with van der Waals surface area (Å²) < 4.78 is 45.7. The number of nitrogens with one attached hydrogen (secondary N) is 1. The van der Waals surface area contributed by atoms with Crippen molar-refractivity contribution in [1.82, 2.24) is 5.32 Å². The van der Waals surface area contributed by atoms with Crippen molar-refractivity contribution in [2.45, 2.75) is 26.4 Å². The minimum Gasteiger partial charge on any atom is -0.494 e. The Morgan fingerprint density at radius 2 is 1.78 bits per heavy atom. The number of hydrogen-bond donors (Lipinski definition) is 2. The van der Waals surface area contributed by atoms with Crippen molar-refractivity contribution in [3.8, 4) is 11.5 Å². The number of rotatable bonds is 7. The molecule has 0 unspecified atom stereocenters. The zero-order chi connectivity index (χ0) is 19.0. The lowest BCUT2D eigenvalue weighted by molar-refractivity contribution is -0.274. The van der Waals surface area contributed by atoms with Crippen molar-refractivity contribution in [2.75, 3.05) is 6.61 Å². The van der Waals surface area contributed by atoms with Crippen LogP contribution in [-0.4, -0.2) is 18.9 Å². The number of aliphatic imine (C=N–C) groups is 1. The third-order valence-electron chi connectivity index (χ3n) is 3.32. The van der Waals surface area contributed by atoms with Crippen molar-refractivity contribution in [2.24, 2.45) is 10.7 Å². The third-order valence-corrected chi connectivity index (χ3v) is 3.32. The first-order valence-electron chi connectivity index (χ1n) is 7.96. The molecular formula is C18H21F3IN3O2. The van der Waals surface area contributed by atoms with Gasteiger partial charge in [-0.25, -0.2) is 4.99 Å². The van der Waals surface area contributed by atoms with Crippen molar-refractivity contribution >= 4 is 29.9 Å². The van der Waals surface area contributed by atoms with Crippen LogP contribution >= 0.6 is 24.0 Å². The molecule has 2 aromatic rings. The molecule has 148 valence electrons. The zero-order valence-electron chi connectivity index (χ0n) is 14.6. The Labute approximate surface area is 172 Å². The fourth-order valence-electron chi connectivity index (χ4n) is 2.16. The van der Waals surface area contributed by atoms with Crippen LogP contribution < -0.4 is 20.5 Å². The molecule has 27 heavy (non-hydrogen) atoms. The fraction of sp³-hybridized carbons (Fsp3) is 0.278. The summed E-state index contributed by atoms with van der Waals surface area (Å²) >= 11 is 0. The van der Waals surface area contributed by atoms with Crippen LogP contribution in [0.2, 0.25) is 0 Å². The van der Waals surface area contributed by atoms with Gasteiger partial charge in [-0.3, -0.25) is 0 Å². The van der Waals surface area contributed by atoms with Crippen molar-refractivity contribution in [3.05, 3.63) is 59.7 Å². The quantitative estimate of drug-likeness (QED) is 0.343. The second-order valence-corrected chi connectivity index (χ2v) is 5.29. The number of nitrogens with two attached hydrogens (primary N) is 1. The van der Waals surface area contributed by atoms with E-state index in [1.165, 1.54) is 24.3 Å². The van der Waals surface area contributed by atoms with E-state index in [0.29, 0.717) is 18.7 Å². The summed E-state index contributed by atoms with van der Waals surface area (Å²) in [6.45, 7) is 3.15. The van der Waals surface area contributed by atoms with Crippen LogP contribution in [-0.2, 0) is 13.1 Å². The Balaban J connectivity index is 0.00000364. The molecule has 0 spiro atoms. The van der Waals surface area contributed by atoms with Gasteiger partial charge in [0.05, 0.1) is 13.2 Å². The average Bonchev–Trinajstić information content (AvgIpc) is 2.59. The number of halogens is 4. The molecule has 0 aromatic heterocycles. The van der Waals surface area contributed by atoms with Crippen LogP contribution in [0, 0.1) is 0 Å². The number of ether oxygens (including phenoxy) is 2.